The van der Waals surface area contributed by atoms with Gasteiger partial charge >= 0.3 is 0 Å². The first-order valence-electron chi connectivity index (χ1n) is 13.0. The minimum absolute atomic E-state index is 0. The van der Waals surface area contributed by atoms with E-state index in [1.54, 1.807) is 0 Å². The van der Waals surface area contributed by atoms with E-state index in [1.807, 2.05) is 0 Å². The van der Waals surface area contributed by atoms with E-state index in [0.29, 0.717) is 0 Å². The summed E-state index contributed by atoms with van der Waals surface area (Å²) in [6.45, 7) is 0. The fourth-order valence-corrected chi connectivity index (χ4v) is 9.78. The molecule has 0 saturated carbocycles. The van der Waals surface area contributed by atoms with Gasteiger partial charge in [0.1, 0.15) is 31.8 Å². The van der Waals surface area contributed by atoms with E-state index in [1.165, 1.54) is 31.8 Å². The molecule has 0 N–H and O–H groups in total. The van der Waals surface area contributed by atoms with Gasteiger partial charge in [-0.2, -0.15) is 0 Å². The van der Waals surface area contributed by atoms with Crippen LogP contribution in [0.5, 0.6) is 0 Å². The van der Waals surface area contributed by atoms with Crippen LogP contribution in [0.15, 0.2) is 182 Å². The Bertz CT molecular complexity index is 1180. The molecule has 0 fully saturated rings. The Hall–Kier alpha value is -3.04. The molecule has 6 aromatic rings. The zero-order valence-corrected chi connectivity index (χ0v) is 25.8. The van der Waals surface area contributed by atoms with Crippen molar-refractivity contribution in [2.24, 2.45) is 0 Å². The molecule has 0 heterocycles. The van der Waals surface area contributed by atoms with Crippen LogP contribution in [-0.4, -0.2) is 0 Å². The molecule has 40 heavy (non-hydrogen) atoms. The summed E-state index contributed by atoms with van der Waals surface area (Å²) < 4.78 is 0. The van der Waals surface area contributed by atoms with Gasteiger partial charge in [-0.25, -0.2) is 0 Å². The fourth-order valence-electron chi connectivity index (χ4n) is 4.63. The van der Waals surface area contributed by atoms with Crippen LogP contribution >= 0.6 is 28.3 Å². The second-order valence-electron chi connectivity index (χ2n) is 8.95. The maximum Gasteiger partial charge on any atom is 0.102 e. The van der Waals surface area contributed by atoms with Crippen LogP contribution in [0.3, 0.4) is 0 Å². The van der Waals surface area contributed by atoms with E-state index in [2.05, 4.69) is 182 Å². The topological polar surface area (TPSA) is 0 Å². The Kier molecular flexibility index (Phi) is 13.3. The molecule has 0 amide bonds. The van der Waals surface area contributed by atoms with E-state index in [4.69, 9.17) is 0 Å². The number of hydrogen-bond acceptors (Lipinski definition) is 0. The fraction of sp³-hybridized carbons (Fsp3) is 0. The van der Waals surface area contributed by atoms with E-state index in [-0.39, 0.29) is 28.9 Å². The summed E-state index contributed by atoms with van der Waals surface area (Å²) in [5, 5.41) is 8.61. The van der Waals surface area contributed by atoms with Crippen molar-refractivity contribution >= 4 is 60.1 Å². The third kappa shape index (κ3) is 8.48. The van der Waals surface area contributed by atoms with Crippen molar-refractivity contribution in [1.82, 2.24) is 0 Å². The third-order valence-corrected chi connectivity index (χ3v) is 11.8. The van der Waals surface area contributed by atoms with Crippen LogP contribution < -0.4 is 31.8 Å². The van der Waals surface area contributed by atoms with Crippen molar-refractivity contribution in [2.75, 3.05) is 0 Å². The largest absolute Gasteiger partial charge is 0.147 e. The van der Waals surface area contributed by atoms with E-state index < -0.39 is 15.8 Å². The summed E-state index contributed by atoms with van der Waals surface area (Å²) in [6, 6.07) is 65.0. The summed E-state index contributed by atoms with van der Waals surface area (Å²) in [7, 11) is -1.75. The molecule has 0 radical (unpaired) electrons. The minimum Gasteiger partial charge on any atom is -0.147 e. The van der Waals surface area contributed by atoms with Gasteiger partial charge in [0, 0.05) is 16.5 Å². The van der Waals surface area contributed by atoms with Crippen molar-refractivity contribution in [3.05, 3.63) is 182 Å². The Morgan fingerprint density at radius 1 is 0.225 bits per heavy atom. The SMILES string of the molecule is Cl.[Ni].c1ccc([PH+](c2ccccc2)c2ccccc2)cc1.c1ccc([PH+](c2ccccc2)c2ccccc2)cc1. The van der Waals surface area contributed by atoms with Crippen molar-refractivity contribution in [3.63, 3.8) is 0 Å². The number of hydrogen-bond donors (Lipinski definition) is 0. The normalized spacial score (nSPS) is 10.1. The second kappa shape index (κ2) is 16.9. The van der Waals surface area contributed by atoms with Crippen molar-refractivity contribution in [3.8, 4) is 0 Å². The van der Waals surface area contributed by atoms with Crippen LogP contribution in [0.4, 0.5) is 0 Å². The van der Waals surface area contributed by atoms with Gasteiger partial charge < -0.3 is 0 Å². The van der Waals surface area contributed by atoms with Crippen LogP contribution in [0.1, 0.15) is 0 Å². The molecule has 0 aromatic heterocycles. The molecule has 4 heteroatoms. The number of benzene rings is 6. The molecule has 0 atom stereocenters. The molecule has 0 spiro atoms. The quantitative estimate of drug-likeness (QED) is 0.142. The summed E-state index contributed by atoms with van der Waals surface area (Å²) in [6.07, 6.45) is 0. The summed E-state index contributed by atoms with van der Waals surface area (Å²) in [4.78, 5) is 0. The molecule has 0 bridgehead atoms. The van der Waals surface area contributed by atoms with Gasteiger partial charge in [-0.1, -0.05) is 109 Å². The van der Waals surface area contributed by atoms with Crippen LogP contribution in [-0.2, 0) is 16.5 Å². The molecule has 0 aliphatic carbocycles. The molecule has 6 rings (SSSR count). The predicted molar refractivity (Wildman–Crippen MR) is 180 cm³/mol. The first-order chi connectivity index (χ1) is 18.9. The van der Waals surface area contributed by atoms with Gasteiger partial charge in [0.15, 0.2) is 0 Å². The first-order valence-corrected chi connectivity index (χ1v) is 16.0. The average Bonchev–Trinajstić information content (AvgIpc) is 3.01. The molecule has 6 aromatic carbocycles. The first kappa shape index (κ1) is 31.5. The molecule has 0 nitrogen and oxygen atoms in total. The van der Waals surface area contributed by atoms with Gasteiger partial charge in [0.2, 0.25) is 0 Å². The standard InChI is InChI=1S/2C18H15P.ClH.Ni/c2*1-4-10-16(11-5-1)19(17-12-6-2-7-13-17)18-14-8-3-9-15-18;;/h2*1-15H;1H;/p+2. The monoisotopic (exact) mass is 620 g/mol. The van der Waals surface area contributed by atoms with Crippen molar-refractivity contribution in [2.45, 2.75) is 0 Å². The van der Waals surface area contributed by atoms with Crippen molar-refractivity contribution in [1.29, 1.82) is 0 Å². The zero-order chi connectivity index (χ0) is 25.8. The predicted octanol–water partition coefficient (Wildman–Crippen LogP) is 6.77. The van der Waals surface area contributed by atoms with E-state index in [9.17, 15) is 0 Å². The number of halogens is 1. The average molecular weight is 622 g/mol. The molecule has 202 valence electrons. The molecule has 0 aliphatic rings. The Morgan fingerprint density at radius 2 is 0.350 bits per heavy atom. The molecular formula is C36H33ClNiP2+2. The summed E-state index contributed by atoms with van der Waals surface area (Å²) in [5.74, 6) is 0. The van der Waals surface area contributed by atoms with Crippen LogP contribution in [0.25, 0.3) is 0 Å². The second-order valence-corrected chi connectivity index (χ2v) is 13.9. The minimum atomic E-state index is -0.877. The molecule has 0 aliphatic heterocycles. The Balaban J connectivity index is 0.000000210. The van der Waals surface area contributed by atoms with E-state index >= 15 is 0 Å². The van der Waals surface area contributed by atoms with E-state index in [0.717, 1.165) is 0 Å². The number of rotatable bonds is 6. The van der Waals surface area contributed by atoms with Crippen molar-refractivity contribution < 1.29 is 16.5 Å². The maximum absolute atomic E-state index is 2.24. The maximum atomic E-state index is 2.24. The van der Waals surface area contributed by atoms with Gasteiger partial charge in [0.25, 0.3) is 0 Å². The van der Waals surface area contributed by atoms with Gasteiger partial charge in [0.05, 0.1) is 15.8 Å². The summed E-state index contributed by atoms with van der Waals surface area (Å²) in [5.41, 5.74) is 0. The summed E-state index contributed by atoms with van der Waals surface area (Å²) >= 11 is 0. The third-order valence-electron chi connectivity index (χ3n) is 6.37. The molecule has 0 saturated heterocycles. The van der Waals surface area contributed by atoms with Gasteiger partial charge in [-0.05, 0) is 72.8 Å². The van der Waals surface area contributed by atoms with Gasteiger partial charge in [-0.15, -0.1) is 12.4 Å². The zero-order valence-electron chi connectivity index (χ0n) is 22.0. The Labute approximate surface area is 257 Å². The smallest absolute Gasteiger partial charge is 0.102 e. The Morgan fingerprint density at radius 3 is 0.475 bits per heavy atom. The van der Waals surface area contributed by atoms with Crippen LogP contribution in [0, 0.1) is 0 Å². The molecule has 0 unspecified atom stereocenters. The van der Waals surface area contributed by atoms with Gasteiger partial charge in [-0.3, -0.25) is 0 Å². The van der Waals surface area contributed by atoms with Crippen LogP contribution in [0.2, 0.25) is 0 Å². The molecular weight excluding hydrogens is 588 g/mol.